The maximum atomic E-state index is 6.27. The summed E-state index contributed by atoms with van der Waals surface area (Å²) in [6.45, 7) is 2.78. The van der Waals surface area contributed by atoms with E-state index < -0.39 is 0 Å². The van der Waals surface area contributed by atoms with Crippen molar-refractivity contribution >= 4 is 11.6 Å². The van der Waals surface area contributed by atoms with E-state index >= 15 is 0 Å². The van der Waals surface area contributed by atoms with Crippen LogP contribution in [0.15, 0.2) is 18.2 Å². The number of benzene rings is 1. The Kier molecular flexibility index (Phi) is 4.69. The van der Waals surface area contributed by atoms with Gasteiger partial charge in [0.2, 0.25) is 0 Å². The van der Waals surface area contributed by atoms with Gasteiger partial charge in [-0.25, -0.2) is 0 Å². The molecular weight excluding hydrogens is 290 g/mol. The summed E-state index contributed by atoms with van der Waals surface area (Å²) in [7, 11) is 0. The van der Waals surface area contributed by atoms with E-state index in [0.29, 0.717) is 11.6 Å². The Hall–Kier alpha value is -0.810. The third kappa shape index (κ3) is 3.51. The topological polar surface area (TPSA) is 53.7 Å². The Balaban J connectivity index is 1.67. The summed E-state index contributed by atoms with van der Waals surface area (Å²) < 4.78 is 17.6. The van der Waals surface area contributed by atoms with E-state index in [4.69, 9.17) is 31.5 Å². The molecule has 3 rings (SSSR count). The molecule has 0 saturated carbocycles. The minimum Gasteiger partial charge on any atom is -0.489 e. The Morgan fingerprint density at radius 1 is 1.29 bits per heavy atom. The number of nitrogens with two attached hydrogens (primary N) is 1. The normalized spacial score (nSPS) is 25.0. The molecule has 116 valence electrons. The minimum absolute atomic E-state index is 0.0646. The molecule has 2 N–H and O–H groups in total. The molecule has 1 spiro atoms. The highest BCUT2D eigenvalue weighted by Crippen LogP contribution is 2.37. The van der Waals surface area contributed by atoms with Crippen LogP contribution in [0.3, 0.4) is 0 Å². The van der Waals surface area contributed by atoms with E-state index in [9.17, 15) is 0 Å². The highest BCUT2D eigenvalue weighted by molar-refractivity contribution is 6.32. The molecule has 0 aromatic heterocycles. The molecule has 1 atom stereocenters. The first-order chi connectivity index (χ1) is 10.2. The Labute approximate surface area is 130 Å². The van der Waals surface area contributed by atoms with Crippen LogP contribution in [0.25, 0.3) is 0 Å². The van der Waals surface area contributed by atoms with Gasteiger partial charge in [0.1, 0.15) is 11.9 Å². The van der Waals surface area contributed by atoms with Crippen LogP contribution in [-0.4, -0.2) is 31.5 Å². The van der Waals surface area contributed by atoms with Gasteiger partial charge in [-0.1, -0.05) is 17.7 Å². The Morgan fingerprint density at radius 2 is 2.10 bits per heavy atom. The van der Waals surface area contributed by atoms with E-state index in [1.165, 1.54) is 0 Å². The van der Waals surface area contributed by atoms with Gasteiger partial charge in [-0.05, 0) is 30.5 Å². The summed E-state index contributed by atoms with van der Waals surface area (Å²) in [4.78, 5) is 0. The van der Waals surface area contributed by atoms with Crippen molar-refractivity contribution in [2.75, 3.05) is 19.8 Å². The molecule has 5 heteroatoms. The first kappa shape index (κ1) is 15.1. The summed E-state index contributed by atoms with van der Waals surface area (Å²) in [6.07, 6.45) is 3.86. The standard InChI is InChI=1S/C16H22ClNO3/c17-14-9-12(11-18)1-2-15(14)21-13-3-6-20-16(10-13)4-7-19-8-5-16/h1-2,9,13H,3-8,10-11,18H2. The lowest BCUT2D eigenvalue weighted by atomic mass is 9.85. The molecule has 1 aromatic rings. The number of rotatable bonds is 3. The van der Waals surface area contributed by atoms with Gasteiger partial charge in [0, 0.05) is 32.6 Å². The molecule has 2 saturated heterocycles. The van der Waals surface area contributed by atoms with Crippen molar-refractivity contribution in [3.8, 4) is 5.75 Å². The van der Waals surface area contributed by atoms with Gasteiger partial charge in [0.15, 0.2) is 0 Å². The first-order valence-electron chi connectivity index (χ1n) is 7.58. The smallest absolute Gasteiger partial charge is 0.138 e. The van der Waals surface area contributed by atoms with Gasteiger partial charge >= 0.3 is 0 Å². The monoisotopic (exact) mass is 311 g/mol. The molecule has 2 aliphatic rings. The van der Waals surface area contributed by atoms with Crippen molar-refractivity contribution in [1.29, 1.82) is 0 Å². The number of hydrogen-bond acceptors (Lipinski definition) is 4. The maximum absolute atomic E-state index is 6.27. The average molecular weight is 312 g/mol. The molecule has 1 unspecified atom stereocenters. The van der Waals surface area contributed by atoms with E-state index in [1.54, 1.807) is 0 Å². The lowest BCUT2D eigenvalue weighted by molar-refractivity contribution is -0.155. The van der Waals surface area contributed by atoms with Gasteiger partial charge in [-0.15, -0.1) is 0 Å². The summed E-state index contributed by atoms with van der Waals surface area (Å²) in [5.41, 5.74) is 6.57. The molecular formula is C16H22ClNO3. The third-order valence-electron chi connectivity index (χ3n) is 4.38. The third-order valence-corrected chi connectivity index (χ3v) is 4.67. The molecule has 2 aliphatic heterocycles. The Morgan fingerprint density at radius 3 is 2.81 bits per heavy atom. The molecule has 0 bridgehead atoms. The van der Waals surface area contributed by atoms with Crippen LogP contribution in [0.4, 0.5) is 0 Å². The van der Waals surface area contributed by atoms with Gasteiger partial charge in [-0.2, -0.15) is 0 Å². The van der Waals surface area contributed by atoms with Crippen LogP contribution in [-0.2, 0) is 16.0 Å². The second-order valence-electron chi connectivity index (χ2n) is 5.85. The zero-order valence-electron chi connectivity index (χ0n) is 12.1. The fourth-order valence-electron chi connectivity index (χ4n) is 3.12. The average Bonchev–Trinajstić information content (AvgIpc) is 2.50. The van der Waals surface area contributed by atoms with Gasteiger partial charge in [0.05, 0.1) is 17.2 Å². The van der Waals surface area contributed by atoms with E-state index in [2.05, 4.69) is 0 Å². The molecule has 1 aromatic carbocycles. The fourth-order valence-corrected chi connectivity index (χ4v) is 3.37. The highest BCUT2D eigenvalue weighted by atomic mass is 35.5. The highest BCUT2D eigenvalue weighted by Gasteiger charge is 2.40. The fraction of sp³-hybridized carbons (Fsp3) is 0.625. The predicted octanol–water partition coefficient (Wildman–Crippen LogP) is 2.91. The van der Waals surface area contributed by atoms with E-state index in [1.807, 2.05) is 18.2 Å². The molecule has 0 aliphatic carbocycles. The largest absolute Gasteiger partial charge is 0.489 e. The number of ether oxygens (including phenoxy) is 3. The van der Waals surface area contributed by atoms with Crippen molar-refractivity contribution < 1.29 is 14.2 Å². The summed E-state index contributed by atoms with van der Waals surface area (Å²) >= 11 is 6.27. The molecule has 0 amide bonds. The molecule has 0 radical (unpaired) electrons. The lowest BCUT2D eigenvalue weighted by Crippen LogP contribution is -2.47. The minimum atomic E-state index is -0.0646. The van der Waals surface area contributed by atoms with Crippen molar-refractivity contribution in [3.05, 3.63) is 28.8 Å². The van der Waals surface area contributed by atoms with Gasteiger partial charge in [0.25, 0.3) is 0 Å². The predicted molar refractivity (Wildman–Crippen MR) is 81.7 cm³/mol. The second-order valence-corrected chi connectivity index (χ2v) is 6.25. The van der Waals surface area contributed by atoms with Crippen molar-refractivity contribution in [2.24, 2.45) is 5.73 Å². The maximum Gasteiger partial charge on any atom is 0.138 e. The molecule has 21 heavy (non-hydrogen) atoms. The molecule has 2 heterocycles. The van der Waals surface area contributed by atoms with Crippen LogP contribution in [0.5, 0.6) is 5.75 Å². The molecule has 4 nitrogen and oxygen atoms in total. The van der Waals surface area contributed by atoms with E-state index in [0.717, 1.165) is 56.8 Å². The zero-order chi connectivity index (χ0) is 14.7. The lowest BCUT2D eigenvalue weighted by Gasteiger charge is -2.43. The summed E-state index contributed by atoms with van der Waals surface area (Å²) in [5, 5.41) is 0.630. The van der Waals surface area contributed by atoms with Crippen molar-refractivity contribution in [3.63, 3.8) is 0 Å². The van der Waals surface area contributed by atoms with Gasteiger partial charge < -0.3 is 19.9 Å². The SMILES string of the molecule is NCc1ccc(OC2CCOC3(CCOCC3)C2)c(Cl)c1. The first-order valence-corrected chi connectivity index (χ1v) is 7.95. The number of halogens is 1. The van der Waals surface area contributed by atoms with Crippen LogP contribution < -0.4 is 10.5 Å². The Bertz CT molecular complexity index is 483. The van der Waals surface area contributed by atoms with Crippen LogP contribution >= 0.6 is 11.6 Å². The van der Waals surface area contributed by atoms with Crippen LogP contribution in [0, 0.1) is 0 Å². The number of hydrogen-bond donors (Lipinski definition) is 1. The van der Waals surface area contributed by atoms with Crippen LogP contribution in [0.2, 0.25) is 5.02 Å². The van der Waals surface area contributed by atoms with Crippen molar-refractivity contribution in [1.82, 2.24) is 0 Å². The van der Waals surface area contributed by atoms with E-state index in [-0.39, 0.29) is 11.7 Å². The van der Waals surface area contributed by atoms with Gasteiger partial charge in [-0.3, -0.25) is 0 Å². The van der Waals surface area contributed by atoms with Crippen LogP contribution in [0.1, 0.15) is 31.2 Å². The zero-order valence-corrected chi connectivity index (χ0v) is 12.9. The quantitative estimate of drug-likeness (QED) is 0.932. The molecule has 2 fully saturated rings. The van der Waals surface area contributed by atoms with Crippen molar-refractivity contribution in [2.45, 2.75) is 43.9 Å². The second kappa shape index (κ2) is 6.53. The summed E-state index contributed by atoms with van der Waals surface area (Å²) in [6, 6.07) is 5.75. The summed E-state index contributed by atoms with van der Waals surface area (Å²) in [5.74, 6) is 0.739.